The molecule has 1 atom stereocenters. The Bertz CT molecular complexity index is 388. The summed E-state index contributed by atoms with van der Waals surface area (Å²) in [4.78, 5) is 3.06. The highest BCUT2D eigenvalue weighted by molar-refractivity contribution is 7.12. The Kier molecular flexibility index (Phi) is 6.57. The molecule has 1 aliphatic carbocycles. The second-order valence-electron chi connectivity index (χ2n) is 6.50. The van der Waals surface area contributed by atoms with Crippen LogP contribution in [0.15, 0.2) is 6.07 Å². The highest BCUT2D eigenvalue weighted by atomic mass is 32.1. The van der Waals surface area contributed by atoms with E-state index in [1.54, 1.807) is 4.88 Å². The lowest BCUT2D eigenvalue weighted by Crippen LogP contribution is -2.24. The number of aryl methyl sites for hydroxylation is 2. The number of nitrogens with one attached hydrogen (secondary N) is 1. The Balaban J connectivity index is 2.04. The van der Waals surface area contributed by atoms with Gasteiger partial charge in [0.25, 0.3) is 0 Å². The molecular weight excluding hydrogens is 262 g/mol. The molecule has 1 nitrogen and oxygen atoms in total. The summed E-state index contributed by atoms with van der Waals surface area (Å²) in [7, 11) is 0. The van der Waals surface area contributed by atoms with Crippen molar-refractivity contribution in [2.75, 3.05) is 6.54 Å². The van der Waals surface area contributed by atoms with Crippen LogP contribution in [0.5, 0.6) is 0 Å². The quantitative estimate of drug-likeness (QED) is 0.657. The summed E-state index contributed by atoms with van der Waals surface area (Å²) < 4.78 is 0. The van der Waals surface area contributed by atoms with Crippen LogP contribution in [-0.2, 0) is 0 Å². The molecule has 1 unspecified atom stereocenters. The molecule has 20 heavy (non-hydrogen) atoms. The van der Waals surface area contributed by atoms with Gasteiger partial charge in [0.2, 0.25) is 0 Å². The maximum atomic E-state index is 3.82. The number of rotatable bonds is 6. The van der Waals surface area contributed by atoms with Crippen LogP contribution in [-0.4, -0.2) is 6.54 Å². The maximum Gasteiger partial charge on any atom is 0.0420 e. The van der Waals surface area contributed by atoms with Crippen molar-refractivity contribution >= 4 is 11.3 Å². The van der Waals surface area contributed by atoms with E-state index in [9.17, 15) is 0 Å². The zero-order valence-corrected chi connectivity index (χ0v) is 14.3. The summed E-state index contributed by atoms with van der Waals surface area (Å²) >= 11 is 2.00. The van der Waals surface area contributed by atoms with Gasteiger partial charge in [0.1, 0.15) is 0 Å². The normalized spacial score (nSPS) is 18.9. The van der Waals surface area contributed by atoms with E-state index in [0.717, 1.165) is 12.5 Å². The number of hydrogen-bond donors (Lipinski definition) is 1. The topological polar surface area (TPSA) is 12.0 Å². The van der Waals surface area contributed by atoms with E-state index in [1.807, 2.05) is 11.3 Å². The highest BCUT2D eigenvalue weighted by Crippen LogP contribution is 2.35. The molecule has 1 heterocycles. The Morgan fingerprint density at radius 2 is 1.90 bits per heavy atom. The molecule has 1 fully saturated rings. The van der Waals surface area contributed by atoms with E-state index in [0.29, 0.717) is 6.04 Å². The molecular formula is C18H31NS. The molecule has 0 aromatic carbocycles. The predicted octanol–water partition coefficient (Wildman–Crippen LogP) is 5.77. The van der Waals surface area contributed by atoms with Gasteiger partial charge in [-0.3, -0.25) is 0 Å². The van der Waals surface area contributed by atoms with E-state index in [-0.39, 0.29) is 0 Å². The molecule has 0 saturated heterocycles. The van der Waals surface area contributed by atoms with E-state index >= 15 is 0 Å². The van der Waals surface area contributed by atoms with Gasteiger partial charge in [0.15, 0.2) is 0 Å². The van der Waals surface area contributed by atoms with E-state index in [4.69, 9.17) is 0 Å². The lowest BCUT2D eigenvalue weighted by Gasteiger charge is -2.24. The van der Waals surface area contributed by atoms with Gasteiger partial charge in [-0.25, -0.2) is 0 Å². The predicted molar refractivity (Wildman–Crippen MR) is 90.6 cm³/mol. The number of thiophene rings is 1. The minimum absolute atomic E-state index is 0.594. The monoisotopic (exact) mass is 293 g/mol. The first-order chi connectivity index (χ1) is 9.70. The van der Waals surface area contributed by atoms with Gasteiger partial charge in [-0.05, 0) is 50.8 Å². The largest absolute Gasteiger partial charge is 0.309 e. The van der Waals surface area contributed by atoms with Crippen LogP contribution in [0.25, 0.3) is 0 Å². The lowest BCUT2D eigenvalue weighted by atomic mass is 9.91. The average Bonchev–Trinajstić information content (AvgIpc) is 2.64. The smallest absolute Gasteiger partial charge is 0.0420 e. The highest BCUT2D eigenvalue weighted by Gasteiger charge is 2.21. The molecule has 0 amide bonds. The van der Waals surface area contributed by atoms with Gasteiger partial charge in [0.05, 0.1) is 0 Å². The zero-order valence-electron chi connectivity index (χ0n) is 13.5. The van der Waals surface area contributed by atoms with Crippen LogP contribution in [0.2, 0.25) is 0 Å². The van der Waals surface area contributed by atoms with Gasteiger partial charge in [-0.1, -0.05) is 45.4 Å². The van der Waals surface area contributed by atoms with Crippen molar-refractivity contribution < 1.29 is 0 Å². The molecule has 1 aromatic heterocycles. The fourth-order valence-corrected chi connectivity index (χ4v) is 4.66. The fourth-order valence-electron chi connectivity index (χ4n) is 3.54. The van der Waals surface area contributed by atoms with Crippen LogP contribution in [0.1, 0.15) is 79.6 Å². The SMILES string of the molecule is CCCNC(CC1CCCCCC1)c1sc(C)cc1C. The second-order valence-corrected chi connectivity index (χ2v) is 7.79. The summed E-state index contributed by atoms with van der Waals surface area (Å²) in [6.45, 7) is 7.94. The second kappa shape index (κ2) is 8.19. The molecule has 2 heteroatoms. The summed E-state index contributed by atoms with van der Waals surface area (Å²) in [5.41, 5.74) is 1.50. The summed E-state index contributed by atoms with van der Waals surface area (Å²) in [5, 5.41) is 3.82. The van der Waals surface area contributed by atoms with Gasteiger partial charge in [-0.2, -0.15) is 0 Å². The third kappa shape index (κ3) is 4.60. The van der Waals surface area contributed by atoms with E-state index in [1.165, 1.54) is 61.8 Å². The molecule has 0 radical (unpaired) electrons. The van der Waals surface area contributed by atoms with Crippen LogP contribution >= 0.6 is 11.3 Å². The standard InChI is InChI=1S/C18H31NS/c1-4-11-19-17(18-14(2)12-15(3)20-18)13-16-9-7-5-6-8-10-16/h12,16-17,19H,4-11,13H2,1-3H3. The van der Waals surface area contributed by atoms with Crippen molar-refractivity contribution in [1.29, 1.82) is 0 Å². The van der Waals surface area contributed by atoms with Crippen molar-refractivity contribution in [1.82, 2.24) is 5.32 Å². The first kappa shape index (κ1) is 16.0. The van der Waals surface area contributed by atoms with Gasteiger partial charge in [0, 0.05) is 15.8 Å². The van der Waals surface area contributed by atoms with Crippen molar-refractivity contribution in [2.24, 2.45) is 5.92 Å². The Labute approximate surface area is 129 Å². The van der Waals surface area contributed by atoms with Crippen molar-refractivity contribution in [2.45, 2.75) is 78.2 Å². The number of hydrogen-bond acceptors (Lipinski definition) is 2. The van der Waals surface area contributed by atoms with Gasteiger partial charge < -0.3 is 5.32 Å². The molecule has 0 aliphatic heterocycles. The summed E-state index contributed by atoms with van der Waals surface area (Å²) in [6, 6.07) is 2.95. The van der Waals surface area contributed by atoms with E-state index < -0.39 is 0 Å². The molecule has 0 bridgehead atoms. The molecule has 1 aromatic rings. The molecule has 0 spiro atoms. The Hall–Kier alpha value is -0.340. The first-order valence-corrected chi connectivity index (χ1v) is 9.32. The lowest BCUT2D eigenvalue weighted by molar-refractivity contribution is 0.358. The van der Waals surface area contributed by atoms with Crippen LogP contribution in [0.4, 0.5) is 0 Å². The van der Waals surface area contributed by atoms with Crippen molar-refractivity contribution in [3.8, 4) is 0 Å². The Morgan fingerprint density at radius 1 is 1.20 bits per heavy atom. The molecule has 1 saturated carbocycles. The third-order valence-electron chi connectivity index (χ3n) is 4.58. The van der Waals surface area contributed by atoms with Crippen molar-refractivity contribution in [3.05, 3.63) is 21.4 Å². The molecule has 114 valence electrons. The maximum absolute atomic E-state index is 3.82. The zero-order chi connectivity index (χ0) is 14.4. The minimum Gasteiger partial charge on any atom is -0.309 e. The molecule has 2 rings (SSSR count). The summed E-state index contributed by atoms with van der Waals surface area (Å²) in [5.74, 6) is 0.939. The molecule has 1 N–H and O–H groups in total. The van der Waals surface area contributed by atoms with Crippen LogP contribution in [0, 0.1) is 19.8 Å². The van der Waals surface area contributed by atoms with E-state index in [2.05, 4.69) is 32.2 Å². The average molecular weight is 294 g/mol. The van der Waals surface area contributed by atoms with Crippen LogP contribution in [0.3, 0.4) is 0 Å². The van der Waals surface area contributed by atoms with Gasteiger partial charge in [-0.15, -0.1) is 11.3 Å². The fraction of sp³-hybridized carbons (Fsp3) is 0.778. The minimum atomic E-state index is 0.594. The Morgan fingerprint density at radius 3 is 2.45 bits per heavy atom. The van der Waals surface area contributed by atoms with Gasteiger partial charge >= 0.3 is 0 Å². The summed E-state index contributed by atoms with van der Waals surface area (Å²) in [6.07, 6.45) is 11.3. The first-order valence-electron chi connectivity index (χ1n) is 8.51. The third-order valence-corrected chi connectivity index (χ3v) is 5.85. The van der Waals surface area contributed by atoms with Crippen molar-refractivity contribution in [3.63, 3.8) is 0 Å². The molecule has 1 aliphatic rings. The van der Waals surface area contributed by atoms with Crippen LogP contribution < -0.4 is 5.32 Å².